The van der Waals surface area contributed by atoms with E-state index in [1.54, 1.807) is 20.0 Å². The summed E-state index contributed by atoms with van der Waals surface area (Å²) in [4.78, 5) is 17.9. The molecule has 0 saturated heterocycles. The Morgan fingerprint density at radius 3 is 2.78 bits per heavy atom. The van der Waals surface area contributed by atoms with Gasteiger partial charge in [0.25, 0.3) is 0 Å². The number of likely N-dealkylation sites (N-methyl/N-ethyl adjacent to an activating group) is 1. The zero-order valence-corrected chi connectivity index (χ0v) is 17.2. The fraction of sp³-hybridized carbons (Fsp3) is 0.300. The van der Waals surface area contributed by atoms with Crippen LogP contribution in [0.15, 0.2) is 30.5 Å². The largest absolute Gasteiger partial charge is 0.416 e. The smallest absolute Gasteiger partial charge is 0.364 e. The third-order valence-corrected chi connectivity index (χ3v) is 4.98. The van der Waals surface area contributed by atoms with Gasteiger partial charge >= 0.3 is 6.18 Å². The Kier molecular flexibility index (Phi) is 5.45. The molecule has 0 fully saturated rings. The molecule has 1 aliphatic heterocycles. The molecule has 0 spiro atoms. The molecule has 0 atom stereocenters. The van der Waals surface area contributed by atoms with Crippen LogP contribution in [0.5, 0.6) is 0 Å². The van der Waals surface area contributed by atoms with Gasteiger partial charge in [0.1, 0.15) is 17.3 Å². The normalized spacial score (nSPS) is 13.7. The second-order valence-electron chi connectivity index (χ2n) is 7.45. The Labute approximate surface area is 180 Å². The van der Waals surface area contributed by atoms with E-state index in [9.17, 15) is 22.4 Å². The molecule has 168 valence electrons. The lowest BCUT2D eigenvalue weighted by molar-refractivity contribution is -0.138. The summed E-state index contributed by atoms with van der Waals surface area (Å²) in [5, 5.41) is 13.7. The summed E-state index contributed by atoms with van der Waals surface area (Å²) >= 11 is 0. The topological polar surface area (TPSA) is 88.0 Å². The lowest BCUT2D eigenvalue weighted by Crippen LogP contribution is -2.36. The maximum atomic E-state index is 13.5. The molecule has 2 N–H and O–H groups in total. The van der Waals surface area contributed by atoms with Crippen LogP contribution in [0, 0.1) is 12.7 Å². The van der Waals surface area contributed by atoms with E-state index in [-0.39, 0.29) is 31.1 Å². The summed E-state index contributed by atoms with van der Waals surface area (Å²) in [6, 6.07) is 4.12. The van der Waals surface area contributed by atoms with Gasteiger partial charge in [-0.05, 0) is 30.7 Å². The number of nitrogens with zero attached hydrogens (tertiary/aromatic N) is 5. The number of amides is 1. The fourth-order valence-corrected chi connectivity index (χ4v) is 3.50. The Morgan fingerprint density at radius 1 is 1.25 bits per heavy atom. The van der Waals surface area contributed by atoms with Gasteiger partial charge in [-0.3, -0.25) is 4.79 Å². The van der Waals surface area contributed by atoms with Gasteiger partial charge < -0.3 is 15.5 Å². The van der Waals surface area contributed by atoms with E-state index in [0.29, 0.717) is 29.0 Å². The quantitative estimate of drug-likeness (QED) is 0.582. The van der Waals surface area contributed by atoms with E-state index in [1.165, 1.54) is 10.9 Å². The van der Waals surface area contributed by atoms with Crippen LogP contribution in [0.3, 0.4) is 0 Å². The molecule has 0 unspecified atom stereocenters. The van der Waals surface area contributed by atoms with Gasteiger partial charge in [0.05, 0.1) is 48.5 Å². The van der Waals surface area contributed by atoms with Crippen LogP contribution in [-0.2, 0) is 24.1 Å². The zero-order valence-electron chi connectivity index (χ0n) is 17.2. The molecule has 0 bridgehead atoms. The van der Waals surface area contributed by atoms with Crippen molar-refractivity contribution in [3.8, 4) is 0 Å². The highest BCUT2D eigenvalue weighted by Crippen LogP contribution is 2.34. The van der Waals surface area contributed by atoms with E-state index in [1.807, 2.05) is 4.90 Å². The van der Waals surface area contributed by atoms with Crippen molar-refractivity contribution in [3.05, 3.63) is 58.8 Å². The number of nitrogens with one attached hydrogen (secondary N) is 2. The number of anilines is 3. The third kappa shape index (κ3) is 4.48. The number of pyridine rings is 1. The minimum Gasteiger partial charge on any atom is -0.364 e. The van der Waals surface area contributed by atoms with Crippen LogP contribution in [0.1, 0.15) is 22.5 Å². The lowest BCUT2D eigenvalue weighted by Gasteiger charge is -2.28. The summed E-state index contributed by atoms with van der Waals surface area (Å²) in [5.41, 5.74) is 1.41. The zero-order chi connectivity index (χ0) is 23.0. The molecule has 12 heteroatoms. The molecule has 32 heavy (non-hydrogen) atoms. The van der Waals surface area contributed by atoms with Crippen LogP contribution >= 0.6 is 0 Å². The molecule has 1 aliphatic rings. The maximum Gasteiger partial charge on any atom is 0.416 e. The molecular formula is C20H19F4N7O. The van der Waals surface area contributed by atoms with Crippen molar-refractivity contribution in [2.45, 2.75) is 26.2 Å². The molecule has 2 aromatic heterocycles. The van der Waals surface area contributed by atoms with Crippen molar-refractivity contribution in [3.63, 3.8) is 0 Å². The lowest BCUT2D eigenvalue weighted by atomic mass is 10.1. The third-order valence-electron chi connectivity index (χ3n) is 4.98. The van der Waals surface area contributed by atoms with Crippen molar-refractivity contribution in [1.82, 2.24) is 20.0 Å². The monoisotopic (exact) mass is 449 g/mol. The van der Waals surface area contributed by atoms with Crippen molar-refractivity contribution >= 4 is 23.1 Å². The number of alkyl halides is 3. The first kappa shape index (κ1) is 21.5. The minimum absolute atomic E-state index is 0.116. The number of fused-ring (bicyclic) bond motifs is 1. The second-order valence-corrected chi connectivity index (χ2v) is 7.45. The average Bonchev–Trinajstić information content (AvgIpc) is 3.13. The first-order valence-electron chi connectivity index (χ1n) is 9.61. The van der Waals surface area contributed by atoms with Crippen LogP contribution in [0.25, 0.3) is 0 Å². The highest BCUT2D eigenvalue weighted by Gasteiger charge is 2.33. The van der Waals surface area contributed by atoms with Gasteiger partial charge in [-0.25, -0.2) is 14.1 Å². The van der Waals surface area contributed by atoms with Gasteiger partial charge in [-0.2, -0.15) is 13.2 Å². The number of hydrogen-bond donors (Lipinski definition) is 2. The first-order chi connectivity index (χ1) is 15.1. The standard InChI is InChI=1S/C20H19F4N7O/c1-11-19-16(30(2)10-18(32)27-19)6-17(26-11)25-7-14-9-31(29-28-14)8-12-5-13(21)3-4-15(12)20(22,23)24/h3-6,9H,7-8,10H2,1-2H3,(H,25,26)(H,27,32). The van der Waals surface area contributed by atoms with E-state index < -0.39 is 17.6 Å². The fourth-order valence-electron chi connectivity index (χ4n) is 3.50. The van der Waals surface area contributed by atoms with Crippen LogP contribution in [0.4, 0.5) is 34.8 Å². The summed E-state index contributed by atoms with van der Waals surface area (Å²) in [5.74, 6) is -0.331. The van der Waals surface area contributed by atoms with E-state index in [0.717, 1.165) is 17.8 Å². The Hall–Kier alpha value is -3.70. The summed E-state index contributed by atoms with van der Waals surface area (Å²) in [6.45, 7) is 1.94. The predicted octanol–water partition coefficient (Wildman–Crippen LogP) is 3.19. The molecule has 1 amide bonds. The molecule has 0 aliphatic carbocycles. The second kappa shape index (κ2) is 8.09. The highest BCUT2D eigenvalue weighted by molar-refractivity contribution is 6.02. The number of hydrogen-bond acceptors (Lipinski definition) is 6. The van der Waals surface area contributed by atoms with Gasteiger partial charge in [-0.15, -0.1) is 5.10 Å². The van der Waals surface area contributed by atoms with Crippen molar-refractivity contribution < 1.29 is 22.4 Å². The molecular weight excluding hydrogens is 430 g/mol. The number of benzene rings is 1. The summed E-state index contributed by atoms with van der Waals surface area (Å²) < 4.78 is 54.3. The number of rotatable bonds is 5. The first-order valence-corrected chi connectivity index (χ1v) is 9.61. The Bertz CT molecular complexity index is 1180. The number of carbonyl (C=O) groups excluding carboxylic acids is 1. The molecule has 3 heterocycles. The number of halogens is 4. The van der Waals surface area contributed by atoms with Crippen LogP contribution in [0.2, 0.25) is 0 Å². The van der Waals surface area contributed by atoms with E-state index in [4.69, 9.17) is 0 Å². The summed E-state index contributed by atoms with van der Waals surface area (Å²) in [7, 11) is 1.80. The van der Waals surface area contributed by atoms with Crippen molar-refractivity contribution in [1.29, 1.82) is 0 Å². The van der Waals surface area contributed by atoms with Crippen molar-refractivity contribution in [2.75, 3.05) is 29.1 Å². The molecule has 3 aromatic rings. The molecule has 1 aromatic carbocycles. The van der Waals surface area contributed by atoms with Gasteiger partial charge in [-0.1, -0.05) is 5.21 Å². The number of aromatic nitrogens is 4. The Morgan fingerprint density at radius 2 is 2.03 bits per heavy atom. The van der Waals surface area contributed by atoms with Gasteiger partial charge in [0.2, 0.25) is 5.91 Å². The maximum absolute atomic E-state index is 13.5. The number of carbonyl (C=O) groups is 1. The average molecular weight is 449 g/mol. The SMILES string of the molecule is Cc1nc(NCc2cn(Cc3cc(F)ccc3C(F)(F)F)nn2)cc2c1NC(=O)CN2C. The van der Waals surface area contributed by atoms with Crippen LogP contribution < -0.4 is 15.5 Å². The minimum atomic E-state index is -4.60. The van der Waals surface area contributed by atoms with E-state index >= 15 is 0 Å². The molecule has 0 saturated carbocycles. The van der Waals surface area contributed by atoms with Crippen LogP contribution in [-0.4, -0.2) is 39.5 Å². The molecule has 0 radical (unpaired) electrons. The number of aryl methyl sites for hydroxylation is 1. The molecule has 4 rings (SSSR count). The Balaban J connectivity index is 1.48. The van der Waals surface area contributed by atoms with E-state index in [2.05, 4.69) is 25.9 Å². The van der Waals surface area contributed by atoms with Gasteiger partial charge in [0, 0.05) is 13.1 Å². The highest BCUT2D eigenvalue weighted by atomic mass is 19.4. The van der Waals surface area contributed by atoms with Gasteiger partial charge in [0.15, 0.2) is 0 Å². The predicted molar refractivity (Wildman–Crippen MR) is 109 cm³/mol. The molecule has 8 nitrogen and oxygen atoms in total. The summed E-state index contributed by atoms with van der Waals surface area (Å²) in [6.07, 6.45) is -3.12. The van der Waals surface area contributed by atoms with Crippen molar-refractivity contribution in [2.24, 2.45) is 0 Å².